The van der Waals surface area contributed by atoms with Crippen molar-refractivity contribution in [1.29, 1.82) is 0 Å². The molecule has 0 unspecified atom stereocenters. The van der Waals surface area contributed by atoms with E-state index in [1.54, 1.807) is 12.1 Å². The molecule has 3 atom stereocenters. The Labute approximate surface area is 266 Å². The summed E-state index contributed by atoms with van der Waals surface area (Å²) in [7, 11) is -1.41. The van der Waals surface area contributed by atoms with Gasteiger partial charge in [0.15, 0.2) is 11.9 Å². The Hall–Kier alpha value is -4.34. The van der Waals surface area contributed by atoms with Crippen LogP contribution in [0.4, 0.5) is 10.5 Å². The zero-order chi connectivity index (χ0) is 34.0. The molecule has 0 aliphatic rings. The molecule has 0 spiro atoms. The van der Waals surface area contributed by atoms with Crippen molar-refractivity contribution < 1.29 is 23.9 Å². The fourth-order valence-corrected chi connectivity index (χ4v) is 4.62. The van der Waals surface area contributed by atoms with Crippen molar-refractivity contribution in [3.05, 3.63) is 29.8 Å². The summed E-state index contributed by atoms with van der Waals surface area (Å²) in [6, 6.07) is 5.13. The number of alkyl carbamates (subject to hydrolysis) is 1. The number of nitrogens with zero attached hydrogens (tertiary/aromatic N) is 2. The van der Waals surface area contributed by atoms with Crippen LogP contribution in [0.5, 0.6) is 0 Å². The largest absolute Gasteiger partial charge is 0.450 e. The maximum atomic E-state index is 13.5. The van der Waals surface area contributed by atoms with Gasteiger partial charge >= 0.3 is 6.09 Å². The number of ether oxygens (including phenoxy) is 1. The van der Waals surface area contributed by atoms with E-state index >= 15 is 0 Å². The van der Waals surface area contributed by atoms with Gasteiger partial charge in [0, 0.05) is 26.9 Å². The fourth-order valence-electron chi connectivity index (χ4n) is 3.90. The van der Waals surface area contributed by atoms with Gasteiger partial charge in [0.05, 0.1) is 6.61 Å². The van der Waals surface area contributed by atoms with Crippen molar-refractivity contribution in [3.8, 4) is 0 Å². The number of nitrogens with two attached hydrogens (primary N) is 4. The first-order valence-electron chi connectivity index (χ1n) is 15.2. The van der Waals surface area contributed by atoms with Crippen LogP contribution in [0.2, 0.25) is 25.7 Å². The molecule has 15 nitrogen and oxygen atoms in total. The Balaban J connectivity index is 3.02. The van der Waals surface area contributed by atoms with Gasteiger partial charge in [-0.15, -0.1) is 0 Å². The van der Waals surface area contributed by atoms with Gasteiger partial charge in [-0.25, -0.2) is 4.79 Å². The summed E-state index contributed by atoms with van der Waals surface area (Å²) in [4.78, 5) is 59.9. The van der Waals surface area contributed by atoms with Crippen LogP contribution in [0, 0.1) is 0 Å². The number of amides is 4. The normalized spacial score (nSPS) is 12.9. The molecule has 0 saturated carbocycles. The highest BCUT2D eigenvalue weighted by atomic mass is 28.3. The molecular formula is C29H52N10O5Si. The Bertz CT molecular complexity index is 1160. The fraction of sp³-hybridized carbons (Fsp3) is 0.586. The molecule has 4 amide bonds. The summed E-state index contributed by atoms with van der Waals surface area (Å²) in [6.45, 7) is 10.7. The standard InChI is InChI=1S/C29H52N10O5Si/c1-6-20-11-13-21(14-12-20)37-25(41)22(9-7-15-34-27(30)31)39-26(42)23(10-8-16-35-28(32)33)38-24(40)19(2)36-29(43)44-17-18-45(3,4)5/h11-14,19,22-23H,6-10,15-18H2,1-5H3,(H,36,43)(H,37,41)(H,38,40)(H,39,42)(H4,30,31,34)(H4,32,33,35)/t19-,22-,23+/m0/s1. The third-order valence-electron chi connectivity index (χ3n) is 6.60. The van der Waals surface area contributed by atoms with E-state index in [1.807, 2.05) is 19.1 Å². The lowest BCUT2D eigenvalue weighted by Gasteiger charge is -2.24. The van der Waals surface area contributed by atoms with Gasteiger partial charge < -0.3 is 48.9 Å². The van der Waals surface area contributed by atoms with E-state index in [-0.39, 0.29) is 44.5 Å². The molecule has 0 aliphatic carbocycles. The number of nitrogens with one attached hydrogen (secondary N) is 4. The number of carbonyl (C=O) groups is 4. The molecule has 16 heteroatoms. The molecule has 0 radical (unpaired) electrons. The van der Waals surface area contributed by atoms with Gasteiger partial charge in [-0.1, -0.05) is 38.7 Å². The Morgan fingerprint density at radius 1 is 0.800 bits per heavy atom. The van der Waals surface area contributed by atoms with E-state index in [9.17, 15) is 19.2 Å². The predicted molar refractivity (Wildman–Crippen MR) is 180 cm³/mol. The quantitative estimate of drug-likeness (QED) is 0.0454. The highest BCUT2D eigenvalue weighted by Crippen LogP contribution is 2.12. The first kappa shape index (κ1) is 38.7. The number of aliphatic imine (C=N–C) groups is 2. The third kappa shape index (κ3) is 17.5. The highest BCUT2D eigenvalue weighted by molar-refractivity contribution is 6.76. The molecule has 12 N–H and O–H groups in total. The van der Waals surface area contributed by atoms with E-state index in [0.717, 1.165) is 18.0 Å². The molecular weight excluding hydrogens is 596 g/mol. The van der Waals surface area contributed by atoms with Crippen molar-refractivity contribution in [2.45, 2.75) is 89.8 Å². The summed E-state index contributed by atoms with van der Waals surface area (Å²) < 4.78 is 5.21. The second-order valence-electron chi connectivity index (χ2n) is 11.9. The van der Waals surface area contributed by atoms with Crippen LogP contribution in [0.3, 0.4) is 0 Å². The van der Waals surface area contributed by atoms with Gasteiger partial charge in [0.1, 0.15) is 18.1 Å². The van der Waals surface area contributed by atoms with Crippen molar-refractivity contribution in [1.82, 2.24) is 16.0 Å². The van der Waals surface area contributed by atoms with Crippen LogP contribution in [-0.4, -0.2) is 81.6 Å². The van der Waals surface area contributed by atoms with Crippen molar-refractivity contribution in [2.75, 3.05) is 25.0 Å². The molecule has 0 heterocycles. The molecule has 252 valence electrons. The number of rotatable bonds is 19. The zero-order valence-corrected chi connectivity index (χ0v) is 28.2. The molecule has 0 saturated heterocycles. The SMILES string of the molecule is CCc1ccc(NC(=O)[C@H](CCCN=C(N)N)NC(=O)[C@@H](CCCN=C(N)N)NC(=O)[C@H](C)NC(=O)OCC[Si](C)(C)C)cc1. The Morgan fingerprint density at radius 2 is 1.31 bits per heavy atom. The smallest absolute Gasteiger partial charge is 0.407 e. The Kier molecular flexibility index (Phi) is 17.1. The second-order valence-corrected chi connectivity index (χ2v) is 17.5. The topological polar surface area (TPSA) is 254 Å². The number of hydrogen-bond acceptors (Lipinski definition) is 7. The van der Waals surface area contributed by atoms with Gasteiger partial charge in [0.2, 0.25) is 17.7 Å². The average molecular weight is 649 g/mol. The zero-order valence-electron chi connectivity index (χ0n) is 27.2. The minimum absolute atomic E-state index is 0.0812. The van der Waals surface area contributed by atoms with Gasteiger partial charge in [-0.2, -0.15) is 0 Å². The molecule has 0 aliphatic heterocycles. The molecule has 1 rings (SSSR count). The van der Waals surface area contributed by atoms with E-state index in [1.165, 1.54) is 6.92 Å². The maximum absolute atomic E-state index is 13.5. The lowest BCUT2D eigenvalue weighted by atomic mass is 10.1. The number of anilines is 1. The predicted octanol–water partition coefficient (Wildman–Crippen LogP) is 0.717. The number of carbonyl (C=O) groups excluding carboxylic acids is 4. The van der Waals surface area contributed by atoms with Crippen LogP contribution < -0.4 is 44.2 Å². The maximum Gasteiger partial charge on any atom is 0.407 e. The van der Waals surface area contributed by atoms with Crippen LogP contribution in [0.15, 0.2) is 34.3 Å². The van der Waals surface area contributed by atoms with E-state index in [4.69, 9.17) is 27.7 Å². The van der Waals surface area contributed by atoms with Gasteiger partial charge in [-0.3, -0.25) is 24.4 Å². The van der Waals surface area contributed by atoms with Gasteiger partial charge in [-0.05, 0) is 62.8 Å². The van der Waals surface area contributed by atoms with Crippen LogP contribution in [0.25, 0.3) is 0 Å². The average Bonchev–Trinajstić information content (AvgIpc) is 2.95. The minimum Gasteiger partial charge on any atom is -0.450 e. The van der Waals surface area contributed by atoms with Crippen molar-refractivity contribution in [2.24, 2.45) is 32.9 Å². The lowest BCUT2D eigenvalue weighted by molar-refractivity contribution is -0.131. The van der Waals surface area contributed by atoms with E-state index in [0.29, 0.717) is 18.5 Å². The number of benzene rings is 1. The number of aryl methyl sites for hydroxylation is 1. The lowest BCUT2D eigenvalue weighted by Crippen LogP contribution is -2.55. The minimum atomic E-state index is -1.41. The second kappa shape index (κ2) is 19.8. The van der Waals surface area contributed by atoms with Crippen molar-refractivity contribution >= 4 is 49.5 Å². The molecule has 0 aromatic heterocycles. The summed E-state index contributed by atoms with van der Waals surface area (Å²) in [5.41, 5.74) is 23.3. The number of hydrogen-bond donors (Lipinski definition) is 8. The molecule has 0 bridgehead atoms. The first-order chi connectivity index (χ1) is 21.1. The molecule has 1 aromatic rings. The van der Waals surface area contributed by atoms with Gasteiger partial charge in [0.25, 0.3) is 0 Å². The first-order valence-corrected chi connectivity index (χ1v) is 18.9. The van der Waals surface area contributed by atoms with Crippen LogP contribution in [0.1, 0.15) is 45.1 Å². The summed E-state index contributed by atoms with van der Waals surface area (Å²) in [6.07, 6.45) is 1.24. The monoisotopic (exact) mass is 648 g/mol. The Morgan fingerprint density at radius 3 is 1.80 bits per heavy atom. The van der Waals surface area contributed by atoms with Crippen LogP contribution in [-0.2, 0) is 25.5 Å². The van der Waals surface area contributed by atoms with Crippen LogP contribution >= 0.6 is 0 Å². The molecule has 0 fully saturated rings. The summed E-state index contributed by atoms with van der Waals surface area (Å²) in [5.74, 6) is -1.83. The summed E-state index contributed by atoms with van der Waals surface area (Å²) >= 11 is 0. The van der Waals surface area contributed by atoms with Crippen molar-refractivity contribution in [3.63, 3.8) is 0 Å². The van der Waals surface area contributed by atoms with E-state index in [2.05, 4.69) is 50.9 Å². The summed E-state index contributed by atoms with van der Waals surface area (Å²) in [5, 5.41) is 10.7. The molecule has 45 heavy (non-hydrogen) atoms. The third-order valence-corrected chi connectivity index (χ3v) is 8.30. The number of guanidine groups is 2. The molecule has 1 aromatic carbocycles. The highest BCUT2D eigenvalue weighted by Gasteiger charge is 2.28. The van der Waals surface area contributed by atoms with E-state index < -0.39 is 50.0 Å².